The Hall–Kier alpha value is -1.55. The zero-order valence-corrected chi connectivity index (χ0v) is 11.3. The van der Waals surface area contributed by atoms with Crippen LogP contribution in [-0.4, -0.2) is 43.6 Å². The second-order valence-corrected chi connectivity index (χ2v) is 5.31. The van der Waals surface area contributed by atoms with Gasteiger partial charge in [0.1, 0.15) is 18.3 Å². The van der Waals surface area contributed by atoms with Crippen LogP contribution in [0.25, 0.3) is 0 Å². The number of rotatable bonds is 2. The maximum atomic E-state index is 12.6. The smallest absolute Gasteiger partial charge is 0.233 e. The van der Waals surface area contributed by atoms with Crippen LogP contribution in [0, 0.1) is 0 Å². The molecule has 1 amide bonds. The number of nitrogens with zero attached hydrogens (tertiary/aromatic N) is 1. The number of piperidine rings is 1. The van der Waals surface area contributed by atoms with E-state index in [1.54, 1.807) is 0 Å². The molecular weight excluding hydrogens is 240 g/mol. The van der Waals surface area contributed by atoms with Crippen LogP contribution in [0.4, 0.5) is 0 Å². The number of likely N-dealkylation sites (N-methyl/N-ethyl adjacent to an activating group) is 1. The van der Waals surface area contributed by atoms with Crippen molar-refractivity contribution in [2.45, 2.75) is 24.8 Å². The van der Waals surface area contributed by atoms with E-state index in [0.717, 1.165) is 37.2 Å². The lowest BCUT2D eigenvalue weighted by Gasteiger charge is -2.34. The van der Waals surface area contributed by atoms with Crippen molar-refractivity contribution in [3.05, 3.63) is 29.8 Å². The van der Waals surface area contributed by atoms with Crippen LogP contribution in [0.15, 0.2) is 24.3 Å². The summed E-state index contributed by atoms with van der Waals surface area (Å²) in [5.41, 5.74) is 1.04. The van der Waals surface area contributed by atoms with Crippen molar-refractivity contribution in [2.75, 3.05) is 26.7 Å². The number of carbonyl (C=O) groups excluding carboxylic acids is 1. The molecule has 1 saturated heterocycles. The topological polar surface area (TPSA) is 41.6 Å². The number of para-hydroxylation sites is 1. The van der Waals surface area contributed by atoms with Crippen LogP contribution < -0.4 is 10.1 Å². The first-order chi connectivity index (χ1) is 9.29. The van der Waals surface area contributed by atoms with Crippen molar-refractivity contribution < 1.29 is 9.53 Å². The molecule has 2 aliphatic rings. The number of amides is 1. The van der Waals surface area contributed by atoms with Crippen molar-refractivity contribution in [1.82, 2.24) is 10.2 Å². The summed E-state index contributed by atoms with van der Waals surface area (Å²) in [5.74, 6) is 0.958. The number of hydrogen-bond donors (Lipinski definition) is 1. The molecule has 1 fully saturated rings. The Labute approximate surface area is 113 Å². The van der Waals surface area contributed by atoms with Crippen LogP contribution in [0.1, 0.15) is 24.3 Å². The lowest BCUT2D eigenvalue weighted by molar-refractivity contribution is -0.134. The summed E-state index contributed by atoms with van der Waals surface area (Å²) in [4.78, 5) is 14.6. The van der Waals surface area contributed by atoms with Crippen molar-refractivity contribution in [2.24, 2.45) is 0 Å². The van der Waals surface area contributed by atoms with Gasteiger partial charge in [0.05, 0.1) is 0 Å². The summed E-state index contributed by atoms with van der Waals surface area (Å²) in [6.07, 6.45) is 2.23. The van der Waals surface area contributed by atoms with Crippen LogP contribution >= 0.6 is 0 Å². The Morgan fingerprint density at radius 2 is 2.26 bits per heavy atom. The highest BCUT2D eigenvalue weighted by Crippen LogP contribution is 2.35. The molecule has 0 spiro atoms. The van der Waals surface area contributed by atoms with Crippen molar-refractivity contribution in [1.29, 1.82) is 0 Å². The van der Waals surface area contributed by atoms with Crippen LogP contribution in [-0.2, 0) is 4.79 Å². The molecule has 0 aromatic heterocycles. The molecule has 0 radical (unpaired) electrons. The molecule has 102 valence electrons. The SMILES string of the molecule is CNC1CCCN(C(=O)C2COc3ccccc32)C1. The maximum absolute atomic E-state index is 12.6. The first-order valence-electron chi connectivity index (χ1n) is 6.97. The maximum Gasteiger partial charge on any atom is 0.233 e. The molecule has 2 heterocycles. The van der Waals surface area contributed by atoms with Gasteiger partial charge in [0.2, 0.25) is 5.91 Å². The number of fused-ring (bicyclic) bond motifs is 1. The minimum absolute atomic E-state index is 0.119. The van der Waals surface area contributed by atoms with Gasteiger partial charge in [0.25, 0.3) is 0 Å². The first kappa shape index (κ1) is 12.5. The monoisotopic (exact) mass is 260 g/mol. The largest absolute Gasteiger partial charge is 0.492 e. The second-order valence-electron chi connectivity index (χ2n) is 5.31. The van der Waals surface area contributed by atoms with Gasteiger partial charge in [-0.1, -0.05) is 18.2 Å². The number of benzene rings is 1. The van der Waals surface area contributed by atoms with E-state index in [-0.39, 0.29) is 11.8 Å². The lowest BCUT2D eigenvalue weighted by atomic mass is 9.97. The van der Waals surface area contributed by atoms with E-state index in [2.05, 4.69) is 5.32 Å². The summed E-state index contributed by atoms with van der Waals surface area (Å²) in [7, 11) is 1.96. The fourth-order valence-electron chi connectivity index (χ4n) is 3.00. The molecule has 4 nitrogen and oxygen atoms in total. The summed E-state index contributed by atoms with van der Waals surface area (Å²) in [5, 5.41) is 3.27. The standard InChI is InChI=1S/C15H20N2O2/c1-16-11-5-4-8-17(9-11)15(18)13-10-19-14-7-3-2-6-12(13)14/h2-3,6-7,11,13,16H,4-5,8-10H2,1H3. The van der Waals surface area contributed by atoms with E-state index in [9.17, 15) is 4.79 Å². The molecule has 2 aliphatic heterocycles. The average molecular weight is 260 g/mol. The van der Waals surface area contributed by atoms with E-state index in [4.69, 9.17) is 4.74 Å². The Kier molecular flexibility index (Phi) is 3.42. The molecule has 19 heavy (non-hydrogen) atoms. The Morgan fingerprint density at radius 3 is 3.11 bits per heavy atom. The van der Waals surface area contributed by atoms with Gasteiger partial charge in [-0.25, -0.2) is 0 Å². The van der Waals surface area contributed by atoms with E-state index >= 15 is 0 Å². The molecule has 1 N–H and O–H groups in total. The fraction of sp³-hybridized carbons (Fsp3) is 0.533. The predicted octanol–water partition coefficient (Wildman–Crippen LogP) is 1.37. The van der Waals surface area contributed by atoms with E-state index in [0.29, 0.717) is 12.6 Å². The molecular formula is C15H20N2O2. The van der Waals surface area contributed by atoms with Crippen molar-refractivity contribution >= 4 is 5.91 Å². The first-order valence-corrected chi connectivity index (χ1v) is 6.97. The number of carbonyl (C=O) groups is 1. The van der Waals surface area contributed by atoms with E-state index in [1.807, 2.05) is 36.2 Å². The lowest BCUT2D eigenvalue weighted by Crippen LogP contribution is -2.48. The molecule has 4 heteroatoms. The third-order valence-electron chi connectivity index (χ3n) is 4.14. The molecule has 0 aliphatic carbocycles. The molecule has 0 saturated carbocycles. The minimum Gasteiger partial charge on any atom is -0.492 e. The van der Waals surface area contributed by atoms with Gasteiger partial charge in [0, 0.05) is 24.7 Å². The zero-order valence-electron chi connectivity index (χ0n) is 11.3. The third kappa shape index (κ3) is 2.32. The van der Waals surface area contributed by atoms with E-state index in [1.165, 1.54) is 0 Å². The Morgan fingerprint density at radius 1 is 1.42 bits per heavy atom. The van der Waals surface area contributed by atoms with Gasteiger partial charge in [-0.3, -0.25) is 4.79 Å². The summed E-state index contributed by atoms with van der Waals surface area (Å²) >= 11 is 0. The minimum atomic E-state index is -0.119. The summed E-state index contributed by atoms with van der Waals surface area (Å²) in [6, 6.07) is 8.29. The molecule has 1 aromatic rings. The highest BCUT2D eigenvalue weighted by molar-refractivity contribution is 5.85. The third-order valence-corrected chi connectivity index (χ3v) is 4.14. The number of ether oxygens (including phenoxy) is 1. The highest BCUT2D eigenvalue weighted by Gasteiger charge is 2.34. The number of likely N-dealkylation sites (tertiary alicyclic amines) is 1. The molecule has 3 rings (SSSR count). The van der Waals surface area contributed by atoms with Gasteiger partial charge in [-0.05, 0) is 26.0 Å². The van der Waals surface area contributed by atoms with Crippen molar-refractivity contribution in [3.63, 3.8) is 0 Å². The molecule has 2 unspecified atom stereocenters. The van der Waals surface area contributed by atoms with E-state index < -0.39 is 0 Å². The van der Waals surface area contributed by atoms with Gasteiger partial charge < -0.3 is 15.0 Å². The summed E-state index contributed by atoms with van der Waals surface area (Å²) < 4.78 is 5.61. The number of hydrogen-bond acceptors (Lipinski definition) is 3. The van der Waals surface area contributed by atoms with Gasteiger partial charge in [-0.2, -0.15) is 0 Å². The van der Waals surface area contributed by atoms with Gasteiger partial charge in [0.15, 0.2) is 0 Å². The average Bonchev–Trinajstić information content (AvgIpc) is 2.90. The van der Waals surface area contributed by atoms with Gasteiger partial charge >= 0.3 is 0 Å². The Balaban J connectivity index is 1.75. The zero-order chi connectivity index (χ0) is 13.2. The molecule has 1 aromatic carbocycles. The fourth-order valence-corrected chi connectivity index (χ4v) is 3.00. The quantitative estimate of drug-likeness (QED) is 0.873. The normalized spacial score (nSPS) is 25.8. The van der Waals surface area contributed by atoms with Gasteiger partial charge in [-0.15, -0.1) is 0 Å². The second kappa shape index (κ2) is 5.21. The van der Waals surface area contributed by atoms with Crippen LogP contribution in [0.2, 0.25) is 0 Å². The van der Waals surface area contributed by atoms with Crippen LogP contribution in [0.5, 0.6) is 5.75 Å². The Bertz CT molecular complexity index is 475. The van der Waals surface area contributed by atoms with Crippen LogP contribution in [0.3, 0.4) is 0 Å². The van der Waals surface area contributed by atoms with Crippen molar-refractivity contribution in [3.8, 4) is 5.75 Å². The predicted molar refractivity (Wildman–Crippen MR) is 73.3 cm³/mol. The molecule has 2 atom stereocenters. The number of nitrogens with one attached hydrogen (secondary N) is 1. The highest BCUT2D eigenvalue weighted by atomic mass is 16.5. The molecule has 0 bridgehead atoms. The summed E-state index contributed by atoms with van der Waals surface area (Å²) in [6.45, 7) is 2.17.